The van der Waals surface area contributed by atoms with Gasteiger partial charge in [0.1, 0.15) is 23.7 Å². The summed E-state index contributed by atoms with van der Waals surface area (Å²) >= 11 is 0. The maximum atomic E-state index is 13.6. The lowest BCUT2D eigenvalue weighted by Gasteiger charge is -2.39. The number of hydrogen-bond donors (Lipinski definition) is 1. The molecule has 10 heteroatoms. The summed E-state index contributed by atoms with van der Waals surface area (Å²) in [5.74, 6) is -1.89. The monoisotopic (exact) mass is 448 g/mol. The van der Waals surface area contributed by atoms with Crippen molar-refractivity contribution in [2.45, 2.75) is 44.4 Å². The molecule has 2 bridgehead atoms. The summed E-state index contributed by atoms with van der Waals surface area (Å²) in [7, 11) is -4.33. The van der Waals surface area contributed by atoms with Crippen molar-refractivity contribution in [3.63, 3.8) is 0 Å². The standard InChI is InChI=1S/C20H23F3O6S/c1-12(2)19(11-13-3-5-15(19)9-13)29-17-10-14(4-6-16(17)20(21,22)23)18(24)28-7-8-30(25,26)27/h4,6,10,13,15H,1,3,5,7-9,11H2,2H3,(H,25,26,27). The Hall–Kier alpha value is -2.07. The van der Waals surface area contributed by atoms with E-state index in [1.807, 2.05) is 0 Å². The fourth-order valence-corrected chi connectivity index (χ4v) is 4.80. The van der Waals surface area contributed by atoms with Crippen LogP contribution in [0.3, 0.4) is 0 Å². The van der Waals surface area contributed by atoms with Crippen molar-refractivity contribution in [2.24, 2.45) is 11.8 Å². The lowest BCUT2D eigenvalue weighted by Crippen LogP contribution is -2.43. The first-order valence-corrected chi connectivity index (χ1v) is 11.1. The van der Waals surface area contributed by atoms with Crippen molar-refractivity contribution < 1.29 is 40.4 Å². The molecule has 0 heterocycles. The predicted molar refractivity (Wildman–Crippen MR) is 102 cm³/mol. The Bertz CT molecular complexity index is 956. The largest absolute Gasteiger partial charge is 0.482 e. The molecule has 2 aliphatic carbocycles. The van der Waals surface area contributed by atoms with Crippen LogP contribution in [-0.2, 0) is 21.0 Å². The van der Waals surface area contributed by atoms with E-state index in [9.17, 15) is 26.4 Å². The molecule has 0 radical (unpaired) electrons. The van der Waals surface area contributed by atoms with Gasteiger partial charge in [-0.25, -0.2) is 4.79 Å². The highest BCUT2D eigenvalue weighted by atomic mass is 32.2. The summed E-state index contributed by atoms with van der Waals surface area (Å²) in [5.41, 5.74) is -1.51. The lowest BCUT2D eigenvalue weighted by atomic mass is 9.79. The van der Waals surface area contributed by atoms with Crippen molar-refractivity contribution in [1.82, 2.24) is 0 Å². The summed E-state index contributed by atoms with van der Waals surface area (Å²) in [6, 6.07) is 2.66. The molecule has 3 rings (SSSR count). The molecule has 3 unspecified atom stereocenters. The van der Waals surface area contributed by atoms with Gasteiger partial charge in [0.25, 0.3) is 10.1 Å². The molecule has 30 heavy (non-hydrogen) atoms. The van der Waals surface area contributed by atoms with Crippen molar-refractivity contribution in [2.75, 3.05) is 12.4 Å². The van der Waals surface area contributed by atoms with Gasteiger partial charge in [-0.2, -0.15) is 21.6 Å². The molecule has 2 fully saturated rings. The van der Waals surface area contributed by atoms with Crippen LogP contribution in [0.5, 0.6) is 5.75 Å². The van der Waals surface area contributed by atoms with E-state index in [1.54, 1.807) is 6.92 Å². The second-order valence-electron chi connectivity index (χ2n) is 7.98. The Kier molecular flexibility index (Phi) is 5.94. The number of carbonyl (C=O) groups excluding carboxylic acids is 1. The van der Waals surface area contributed by atoms with Crippen LogP contribution in [0.4, 0.5) is 13.2 Å². The van der Waals surface area contributed by atoms with Gasteiger partial charge in [0.05, 0.1) is 11.1 Å². The number of hydrogen-bond acceptors (Lipinski definition) is 5. The maximum Gasteiger partial charge on any atom is 0.419 e. The van der Waals surface area contributed by atoms with Crippen LogP contribution < -0.4 is 4.74 Å². The van der Waals surface area contributed by atoms with Crippen molar-refractivity contribution in [1.29, 1.82) is 0 Å². The van der Waals surface area contributed by atoms with Crippen LogP contribution in [0.25, 0.3) is 0 Å². The molecule has 0 aromatic heterocycles. The van der Waals surface area contributed by atoms with E-state index < -0.39 is 51.5 Å². The number of esters is 1. The summed E-state index contributed by atoms with van der Waals surface area (Å²) < 4.78 is 81.7. The van der Waals surface area contributed by atoms with Crippen LogP contribution in [-0.4, -0.2) is 36.9 Å². The molecule has 1 N–H and O–H groups in total. The zero-order chi connectivity index (χ0) is 22.3. The smallest absolute Gasteiger partial charge is 0.419 e. The second-order valence-corrected chi connectivity index (χ2v) is 9.55. The van der Waals surface area contributed by atoms with Crippen LogP contribution in [0.2, 0.25) is 0 Å². The third-order valence-corrected chi connectivity index (χ3v) is 6.59. The van der Waals surface area contributed by atoms with Crippen molar-refractivity contribution >= 4 is 16.1 Å². The first-order valence-electron chi connectivity index (χ1n) is 9.50. The van der Waals surface area contributed by atoms with E-state index in [0.717, 1.165) is 37.5 Å². The molecule has 1 aromatic carbocycles. The van der Waals surface area contributed by atoms with E-state index in [2.05, 4.69) is 6.58 Å². The predicted octanol–water partition coefficient (Wildman–Crippen LogP) is 4.26. The zero-order valence-corrected chi connectivity index (χ0v) is 17.2. The van der Waals surface area contributed by atoms with Gasteiger partial charge in [-0.1, -0.05) is 6.58 Å². The summed E-state index contributed by atoms with van der Waals surface area (Å²) in [5, 5.41) is 0. The second kappa shape index (κ2) is 7.88. The van der Waals surface area contributed by atoms with E-state index in [-0.39, 0.29) is 11.5 Å². The van der Waals surface area contributed by atoms with Crippen LogP contribution >= 0.6 is 0 Å². The summed E-state index contributed by atoms with van der Waals surface area (Å²) in [4.78, 5) is 12.2. The Balaban J connectivity index is 1.90. The quantitative estimate of drug-likeness (QED) is 0.381. The normalized spacial score (nSPS) is 25.9. The van der Waals surface area contributed by atoms with Gasteiger partial charge in [-0.3, -0.25) is 4.55 Å². The number of fused-ring (bicyclic) bond motifs is 2. The minimum atomic E-state index is -4.70. The van der Waals surface area contributed by atoms with E-state index in [1.165, 1.54) is 0 Å². The van der Waals surface area contributed by atoms with Crippen LogP contribution in [0, 0.1) is 11.8 Å². The van der Waals surface area contributed by atoms with Gasteiger partial charge in [0.15, 0.2) is 0 Å². The molecule has 2 saturated carbocycles. The molecule has 0 aliphatic heterocycles. The number of benzene rings is 1. The number of rotatable bonds is 7. The highest BCUT2D eigenvalue weighted by Gasteiger charge is 2.54. The van der Waals surface area contributed by atoms with E-state index in [0.29, 0.717) is 17.9 Å². The highest BCUT2D eigenvalue weighted by molar-refractivity contribution is 7.85. The SMILES string of the molecule is C=C(C)C1(Oc2cc(C(=O)OCCS(=O)(=O)O)ccc2C(F)(F)F)CC2CCC1C2. The Morgan fingerprint density at radius 2 is 2.03 bits per heavy atom. The topological polar surface area (TPSA) is 89.9 Å². The molecule has 2 aliphatic rings. The number of ether oxygens (including phenoxy) is 2. The summed E-state index contributed by atoms with van der Waals surface area (Å²) in [6.07, 6.45) is -1.40. The van der Waals surface area contributed by atoms with Crippen molar-refractivity contribution in [3.8, 4) is 5.75 Å². The third-order valence-electron chi connectivity index (χ3n) is 5.90. The molecule has 6 nitrogen and oxygen atoms in total. The average molecular weight is 448 g/mol. The number of alkyl halides is 3. The zero-order valence-electron chi connectivity index (χ0n) is 16.4. The third kappa shape index (κ3) is 4.64. The molecule has 166 valence electrons. The van der Waals surface area contributed by atoms with Gasteiger partial charge < -0.3 is 9.47 Å². The van der Waals surface area contributed by atoms with Gasteiger partial charge in [-0.15, -0.1) is 0 Å². The van der Waals surface area contributed by atoms with Crippen LogP contribution in [0.1, 0.15) is 48.5 Å². The van der Waals surface area contributed by atoms with E-state index in [4.69, 9.17) is 14.0 Å². The maximum absolute atomic E-state index is 13.6. The molecular formula is C20H23F3O6S. The van der Waals surface area contributed by atoms with Gasteiger partial charge in [0.2, 0.25) is 0 Å². The van der Waals surface area contributed by atoms with E-state index >= 15 is 0 Å². The van der Waals surface area contributed by atoms with Gasteiger partial charge in [0, 0.05) is 5.92 Å². The fraction of sp³-hybridized carbons (Fsp3) is 0.550. The molecular weight excluding hydrogens is 425 g/mol. The number of halogens is 3. The Morgan fingerprint density at radius 1 is 1.33 bits per heavy atom. The molecule has 3 atom stereocenters. The van der Waals surface area contributed by atoms with Crippen LogP contribution in [0.15, 0.2) is 30.4 Å². The number of carbonyl (C=O) groups is 1. The molecule has 0 saturated heterocycles. The molecule has 0 amide bonds. The lowest BCUT2D eigenvalue weighted by molar-refractivity contribution is -0.140. The van der Waals surface area contributed by atoms with Gasteiger partial charge >= 0.3 is 12.1 Å². The van der Waals surface area contributed by atoms with Crippen molar-refractivity contribution in [3.05, 3.63) is 41.5 Å². The first kappa shape index (κ1) is 22.6. The average Bonchev–Trinajstić information content (AvgIpc) is 3.21. The van der Waals surface area contributed by atoms with Gasteiger partial charge in [-0.05, 0) is 62.3 Å². The molecule has 1 aromatic rings. The Labute approximate surface area is 172 Å². The summed E-state index contributed by atoms with van der Waals surface area (Å²) in [6.45, 7) is 5.07. The Morgan fingerprint density at radius 3 is 2.53 bits per heavy atom. The molecule has 0 spiro atoms. The minimum absolute atomic E-state index is 0.0615. The fourth-order valence-electron chi connectivity index (χ4n) is 4.50. The first-order chi connectivity index (χ1) is 13.8. The minimum Gasteiger partial charge on any atom is -0.482 e. The highest BCUT2D eigenvalue weighted by Crippen LogP contribution is 2.56.